The quantitative estimate of drug-likeness (QED) is 0.515. The largest absolute Gasteiger partial charge is 0.480 e. The number of aliphatic carboxylic acids is 2. The summed E-state index contributed by atoms with van der Waals surface area (Å²) in [5.74, 6) is -2.13. The van der Waals surface area contributed by atoms with Gasteiger partial charge in [-0.05, 0) is 5.92 Å². The number of carboxylic acids is 2. The molecule has 0 aliphatic rings. The van der Waals surface area contributed by atoms with Crippen LogP contribution in [0.4, 0.5) is 0 Å². The maximum Gasteiger partial charge on any atom is 0.333 e. The molecule has 0 aromatic rings. The molecule has 1 unspecified atom stereocenters. The van der Waals surface area contributed by atoms with Crippen molar-refractivity contribution in [3.63, 3.8) is 0 Å². The summed E-state index contributed by atoms with van der Waals surface area (Å²) in [6.07, 6.45) is -0.836. The number of ether oxygens (including phenoxy) is 3. The van der Waals surface area contributed by atoms with E-state index in [9.17, 15) is 9.59 Å². The maximum absolute atomic E-state index is 10.8. The Labute approximate surface area is 106 Å². The van der Waals surface area contributed by atoms with Gasteiger partial charge in [0.05, 0.1) is 26.4 Å². The van der Waals surface area contributed by atoms with Crippen molar-refractivity contribution in [1.29, 1.82) is 0 Å². The van der Waals surface area contributed by atoms with Gasteiger partial charge in [0.1, 0.15) is 6.61 Å². The third-order valence-corrected chi connectivity index (χ3v) is 1.97. The molecule has 0 aromatic heterocycles. The smallest absolute Gasteiger partial charge is 0.333 e. The monoisotopic (exact) mass is 264 g/mol. The molecule has 2 N–H and O–H groups in total. The summed E-state index contributed by atoms with van der Waals surface area (Å²) in [6.45, 7) is 4.02. The van der Waals surface area contributed by atoms with Crippen LogP contribution in [0.25, 0.3) is 0 Å². The van der Waals surface area contributed by atoms with Gasteiger partial charge in [-0.2, -0.15) is 0 Å². The minimum Gasteiger partial charge on any atom is -0.480 e. The van der Waals surface area contributed by atoms with Crippen LogP contribution in [-0.2, 0) is 23.8 Å². The molecular weight excluding hydrogens is 244 g/mol. The van der Waals surface area contributed by atoms with Gasteiger partial charge in [-0.15, -0.1) is 0 Å². The van der Waals surface area contributed by atoms with Gasteiger partial charge in [0.2, 0.25) is 0 Å². The topological polar surface area (TPSA) is 102 Å². The molecule has 18 heavy (non-hydrogen) atoms. The highest BCUT2D eigenvalue weighted by molar-refractivity contribution is 5.72. The Morgan fingerprint density at radius 3 is 2.06 bits per heavy atom. The third kappa shape index (κ3) is 8.91. The van der Waals surface area contributed by atoms with Crippen molar-refractivity contribution in [2.24, 2.45) is 5.92 Å². The molecule has 0 saturated heterocycles. The summed E-state index contributed by atoms with van der Waals surface area (Å²) in [5.41, 5.74) is 0. The lowest BCUT2D eigenvalue weighted by Gasteiger charge is -2.16. The first-order valence-corrected chi connectivity index (χ1v) is 5.66. The van der Waals surface area contributed by atoms with Gasteiger partial charge in [0, 0.05) is 0 Å². The molecule has 0 saturated carbocycles. The normalized spacial score (nSPS) is 12.6. The fourth-order valence-electron chi connectivity index (χ4n) is 1.16. The molecule has 0 aromatic carbocycles. The SMILES string of the molecule is CC(C)C(OCCOCCOCC(=O)O)C(=O)O. The molecule has 7 heteroatoms. The van der Waals surface area contributed by atoms with E-state index >= 15 is 0 Å². The minimum atomic E-state index is -1.03. The summed E-state index contributed by atoms with van der Waals surface area (Å²) in [6, 6.07) is 0. The van der Waals surface area contributed by atoms with Crippen LogP contribution in [0.5, 0.6) is 0 Å². The van der Waals surface area contributed by atoms with E-state index in [0.717, 1.165) is 0 Å². The van der Waals surface area contributed by atoms with Crippen LogP contribution in [0.1, 0.15) is 13.8 Å². The molecule has 0 amide bonds. The first-order valence-electron chi connectivity index (χ1n) is 5.66. The van der Waals surface area contributed by atoms with Gasteiger partial charge in [0.25, 0.3) is 0 Å². The average Bonchev–Trinajstić information content (AvgIpc) is 2.25. The number of carboxylic acid groups (broad SMARTS) is 2. The molecule has 7 nitrogen and oxygen atoms in total. The molecule has 0 radical (unpaired) electrons. The molecule has 1 atom stereocenters. The van der Waals surface area contributed by atoms with Gasteiger partial charge in [-0.3, -0.25) is 0 Å². The van der Waals surface area contributed by atoms with Crippen molar-refractivity contribution in [3.05, 3.63) is 0 Å². The minimum absolute atomic E-state index is 0.110. The molecule has 0 aliphatic heterocycles. The first-order chi connectivity index (χ1) is 8.45. The highest BCUT2D eigenvalue weighted by atomic mass is 16.6. The summed E-state index contributed by atoms with van der Waals surface area (Å²) < 4.78 is 15.0. The van der Waals surface area contributed by atoms with Crippen molar-refractivity contribution in [3.8, 4) is 0 Å². The van der Waals surface area contributed by atoms with E-state index in [1.54, 1.807) is 13.8 Å². The van der Waals surface area contributed by atoms with Crippen LogP contribution >= 0.6 is 0 Å². The van der Waals surface area contributed by atoms with Crippen molar-refractivity contribution in [2.75, 3.05) is 33.0 Å². The Kier molecular flexibility index (Phi) is 9.17. The lowest BCUT2D eigenvalue weighted by Crippen LogP contribution is -2.30. The van der Waals surface area contributed by atoms with E-state index < -0.39 is 18.0 Å². The highest BCUT2D eigenvalue weighted by Gasteiger charge is 2.21. The Balaban J connectivity index is 3.44. The number of rotatable bonds is 11. The van der Waals surface area contributed by atoms with Crippen LogP contribution in [-0.4, -0.2) is 61.3 Å². The van der Waals surface area contributed by atoms with Crippen LogP contribution < -0.4 is 0 Å². The van der Waals surface area contributed by atoms with E-state index in [4.69, 9.17) is 24.4 Å². The molecule has 0 bridgehead atoms. The van der Waals surface area contributed by atoms with E-state index in [1.165, 1.54) is 0 Å². The van der Waals surface area contributed by atoms with Crippen molar-refractivity contribution < 1.29 is 34.0 Å². The summed E-state index contributed by atoms with van der Waals surface area (Å²) in [7, 11) is 0. The van der Waals surface area contributed by atoms with E-state index in [-0.39, 0.29) is 39.0 Å². The molecule has 0 rings (SSSR count). The molecule has 106 valence electrons. The van der Waals surface area contributed by atoms with Crippen LogP contribution in [0.2, 0.25) is 0 Å². The fraction of sp³-hybridized carbons (Fsp3) is 0.818. The predicted molar refractivity (Wildman–Crippen MR) is 61.5 cm³/mol. The first kappa shape index (κ1) is 16.8. The van der Waals surface area contributed by atoms with Gasteiger partial charge in [-0.1, -0.05) is 13.8 Å². The van der Waals surface area contributed by atoms with Crippen LogP contribution in [0.15, 0.2) is 0 Å². The lowest BCUT2D eigenvalue weighted by atomic mass is 10.1. The number of carbonyl (C=O) groups is 2. The summed E-state index contributed by atoms with van der Waals surface area (Å²) in [4.78, 5) is 20.9. The van der Waals surface area contributed by atoms with Crippen molar-refractivity contribution in [2.45, 2.75) is 20.0 Å². The van der Waals surface area contributed by atoms with Crippen LogP contribution in [0.3, 0.4) is 0 Å². The Morgan fingerprint density at radius 2 is 1.56 bits per heavy atom. The van der Waals surface area contributed by atoms with Crippen molar-refractivity contribution in [1.82, 2.24) is 0 Å². The van der Waals surface area contributed by atoms with E-state index in [2.05, 4.69) is 0 Å². The van der Waals surface area contributed by atoms with Gasteiger partial charge < -0.3 is 24.4 Å². The molecular formula is C11H20O7. The standard InChI is InChI=1S/C11H20O7/c1-8(2)10(11(14)15)18-6-5-16-3-4-17-7-9(12)13/h8,10H,3-7H2,1-2H3,(H,12,13)(H,14,15). The second-order valence-electron chi connectivity index (χ2n) is 3.93. The summed E-state index contributed by atoms with van der Waals surface area (Å²) in [5, 5.41) is 17.1. The maximum atomic E-state index is 10.8. The van der Waals surface area contributed by atoms with Gasteiger partial charge >= 0.3 is 11.9 Å². The lowest BCUT2D eigenvalue weighted by molar-refractivity contribution is -0.154. The van der Waals surface area contributed by atoms with Crippen LogP contribution in [0, 0.1) is 5.92 Å². The Morgan fingerprint density at radius 1 is 1.00 bits per heavy atom. The average molecular weight is 264 g/mol. The Hall–Kier alpha value is -1.18. The zero-order valence-corrected chi connectivity index (χ0v) is 10.6. The number of hydrogen-bond donors (Lipinski definition) is 2. The fourth-order valence-corrected chi connectivity index (χ4v) is 1.16. The molecule has 0 aliphatic carbocycles. The van der Waals surface area contributed by atoms with Gasteiger partial charge in [-0.25, -0.2) is 9.59 Å². The Bertz CT molecular complexity index is 252. The van der Waals surface area contributed by atoms with Gasteiger partial charge in [0.15, 0.2) is 6.10 Å². The van der Waals surface area contributed by atoms with E-state index in [0.29, 0.717) is 0 Å². The molecule has 0 spiro atoms. The third-order valence-electron chi connectivity index (χ3n) is 1.97. The highest BCUT2D eigenvalue weighted by Crippen LogP contribution is 2.06. The predicted octanol–water partition coefficient (Wildman–Crippen LogP) is 0.230. The summed E-state index contributed by atoms with van der Waals surface area (Å²) >= 11 is 0. The second-order valence-corrected chi connectivity index (χ2v) is 3.93. The molecule has 0 fully saturated rings. The van der Waals surface area contributed by atoms with E-state index in [1.807, 2.05) is 0 Å². The zero-order valence-electron chi connectivity index (χ0n) is 10.6. The molecule has 0 heterocycles. The zero-order chi connectivity index (χ0) is 14.0. The second kappa shape index (κ2) is 9.81. The number of hydrogen-bond acceptors (Lipinski definition) is 5. The van der Waals surface area contributed by atoms with Crippen molar-refractivity contribution >= 4 is 11.9 Å².